The van der Waals surface area contributed by atoms with E-state index < -0.39 is 6.04 Å². The van der Waals surface area contributed by atoms with Gasteiger partial charge in [-0.15, -0.1) is 0 Å². The van der Waals surface area contributed by atoms with Crippen LogP contribution in [0.4, 0.5) is 0 Å². The second kappa shape index (κ2) is 12.4. The summed E-state index contributed by atoms with van der Waals surface area (Å²) in [5, 5.41) is 2.91. The molecule has 0 heterocycles. The maximum Gasteiger partial charge on any atom is 0.261 e. The van der Waals surface area contributed by atoms with E-state index in [2.05, 4.69) is 21.2 Å². The number of nitrogens with one attached hydrogen (secondary N) is 1. The van der Waals surface area contributed by atoms with Crippen LogP contribution in [0.5, 0.6) is 5.75 Å². The Labute approximate surface area is 210 Å². The second-order valence-electron chi connectivity index (χ2n) is 8.31. The number of hydrogen-bond acceptors (Lipinski definition) is 3. The van der Waals surface area contributed by atoms with Crippen LogP contribution in [-0.4, -0.2) is 35.9 Å². The minimum atomic E-state index is -0.666. The van der Waals surface area contributed by atoms with Crippen LogP contribution in [-0.2, 0) is 22.6 Å². The molecular weight excluding hydrogens is 492 g/mol. The van der Waals surface area contributed by atoms with E-state index in [1.165, 1.54) is 0 Å². The topological polar surface area (TPSA) is 58.6 Å². The standard InChI is InChI=1S/C28H31BrN2O3/c1-4-30-28(33)25(17-22-8-6-5-7-9-22)31(18-23-12-14-24(29)15-13-23)27(32)19-34-26-16-20(2)10-11-21(26)3/h5-16,25H,4,17-19H2,1-3H3,(H,30,33). The molecule has 0 bridgehead atoms. The van der Waals surface area contributed by atoms with Crippen LogP contribution in [0.3, 0.4) is 0 Å². The number of likely N-dealkylation sites (N-methyl/N-ethyl adjacent to an activating group) is 1. The Morgan fingerprint density at radius 1 is 0.971 bits per heavy atom. The Kier molecular flexibility index (Phi) is 9.28. The average Bonchev–Trinajstić information content (AvgIpc) is 2.83. The molecule has 0 aliphatic carbocycles. The number of nitrogens with zero attached hydrogens (tertiary/aromatic N) is 1. The number of carbonyl (C=O) groups is 2. The smallest absolute Gasteiger partial charge is 0.261 e. The third-order valence-electron chi connectivity index (χ3n) is 5.58. The van der Waals surface area contributed by atoms with Crippen molar-refractivity contribution in [3.63, 3.8) is 0 Å². The molecule has 0 radical (unpaired) electrons. The van der Waals surface area contributed by atoms with Crippen LogP contribution >= 0.6 is 15.9 Å². The van der Waals surface area contributed by atoms with Gasteiger partial charge in [-0.3, -0.25) is 9.59 Å². The molecule has 6 heteroatoms. The van der Waals surface area contributed by atoms with Crippen molar-refractivity contribution in [2.24, 2.45) is 0 Å². The molecule has 0 aliphatic rings. The highest BCUT2D eigenvalue weighted by Gasteiger charge is 2.30. The summed E-state index contributed by atoms with van der Waals surface area (Å²) in [6.07, 6.45) is 0.415. The lowest BCUT2D eigenvalue weighted by Gasteiger charge is -2.31. The van der Waals surface area contributed by atoms with Crippen LogP contribution in [0.2, 0.25) is 0 Å². The molecule has 0 saturated carbocycles. The highest BCUT2D eigenvalue weighted by Crippen LogP contribution is 2.21. The molecule has 0 fully saturated rings. The zero-order valence-corrected chi connectivity index (χ0v) is 21.5. The van der Waals surface area contributed by atoms with Gasteiger partial charge in [0.05, 0.1) is 0 Å². The fraction of sp³-hybridized carbons (Fsp3) is 0.286. The maximum atomic E-state index is 13.5. The normalized spacial score (nSPS) is 11.5. The summed E-state index contributed by atoms with van der Waals surface area (Å²) in [4.78, 5) is 28.3. The van der Waals surface area contributed by atoms with Crippen molar-refractivity contribution in [3.05, 3.63) is 99.5 Å². The summed E-state index contributed by atoms with van der Waals surface area (Å²) in [6, 6.07) is 22.8. The highest BCUT2D eigenvalue weighted by molar-refractivity contribution is 9.10. The van der Waals surface area contributed by atoms with Gasteiger partial charge in [-0.25, -0.2) is 0 Å². The van der Waals surface area contributed by atoms with E-state index in [9.17, 15) is 9.59 Å². The Morgan fingerprint density at radius 2 is 1.68 bits per heavy atom. The summed E-state index contributed by atoms with van der Waals surface area (Å²) >= 11 is 3.46. The fourth-order valence-electron chi connectivity index (χ4n) is 3.72. The summed E-state index contributed by atoms with van der Waals surface area (Å²) in [5.41, 5.74) is 3.94. The van der Waals surface area contributed by atoms with E-state index in [1.54, 1.807) is 4.90 Å². The molecule has 0 aromatic heterocycles. The molecule has 3 rings (SSSR count). The number of carbonyl (C=O) groups excluding carboxylic acids is 2. The zero-order valence-electron chi connectivity index (χ0n) is 19.9. The van der Waals surface area contributed by atoms with Gasteiger partial charge in [0.15, 0.2) is 6.61 Å². The molecule has 0 spiro atoms. The van der Waals surface area contributed by atoms with E-state index in [0.29, 0.717) is 25.3 Å². The average molecular weight is 523 g/mol. The molecule has 1 atom stereocenters. The van der Waals surface area contributed by atoms with Crippen LogP contribution in [0.15, 0.2) is 77.3 Å². The molecule has 34 heavy (non-hydrogen) atoms. The van der Waals surface area contributed by atoms with E-state index >= 15 is 0 Å². The van der Waals surface area contributed by atoms with Gasteiger partial charge < -0.3 is 15.0 Å². The SMILES string of the molecule is CCNC(=O)C(Cc1ccccc1)N(Cc1ccc(Br)cc1)C(=O)COc1cc(C)ccc1C. The van der Waals surface area contributed by atoms with Crippen LogP contribution < -0.4 is 10.1 Å². The summed E-state index contributed by atoms with van der Waals surface area (Å²) in [7, 11) is 0. The number of hydrogen-bond donors (Lipinski definition) is 1. The van der Waals surface area contributed by atoms with Gasteiger partial charge >= 0.3 is 0 Å². The molecule has 2 amide bonds. The fourth-order valence-corrected chi connectivity index (χ4v) is 3.98. The number of benzene rings is 3. The largest absolute Gasteiger partial charge is 0.483 e. The molecule has 0 aliphatic heterocycles. The Balaban J connectivity index is 1.90. The van der Waals surface area contributed by atoms with Gasteiger partial charge in [0.25, 0.3) is 5.91 Å². The van der Waals surface area contributed by atoms with Gasteiger partial charge in [-0.1, -0.05) is 70.5 Å². The number of rotatable bonds is 10. The van der Waals surface area contributed by atoms with Crippen molar-refractivity contribution >= 4 is 27.7 Å². The van der Waals surface area contributed by atoms with E-state index in [4.69, 9.17) is 4.74 Å². The Hall–Kier alpha value is -3.12. The van der Waals surface area contributed by atoms with Crippen molar-refractivity contribution in [2.45, 2.75) is 39.8 Å². The zero-order chi connectivity index (χ0) is 24.5. The molecule has 3 aromatic carbocycles. The number of halogens is 1. The van der Waals surface area contributed by atoms with Crippen LogP contribution in [0, 0.1) is 13.8 Å². The van der Waals surface area contributed by atoms with Crippen molar-refractivity contribution < 1.29 is 14.3 Å². The Morgan fingerprint density at radius 3 is 2.35 bits per heavy atom. The first-order valence-corrected chi connectivity index (χ1v) is 12.2. The summed E-state index contributed by atoms with van der Waals surface area (Å²) in [6.45, 7) is 6.46. The van der Waals surface area contributed by atoms with Crippen LogP contribution in [0.25, 0.3) is 0 Å². The van der Waals surface area contributed by atoms with E-state index in [-0.39, 0.29) is 18.4 Å². The lowest BCUT2D eigenvalue weighted by molar-refractivity contribution is -0.142. The molecule has 3 aromatic rings. The first-order chi connectivity index (χ1) is 16.4. The molecule has 5 nitrogen and oxygen atoms in total. The molecule has 1 unspecified atom stereocenters. The van der Waals surface area contributed by atoms with Crippen molar-refractivity contribution in [3.8, 4) is 5.75 Å². The Bertz CT molecular complexity index is 1100. The second-order valence-corrected chi connectivity index (χ2v) is 9.22. The molecule has 178 valence electrons. The predicted octanol–water partition coefficient (Wildman–Crippen LogP) is 5.22. The molecule has 0 saturated heterocycles. The predicted molar refractivity (Wildman–Crippen MR) is 139 cm³/mol. The van der Waals surface area contributed by atoms with Gasteiger partial charge in [0.1, 0.15) is 11.8 Å². The van der Waals surface area contributed by atoms with Crippen molar-refractivity contribution in [1.29, 1.82) is 0 Å². The third kappa shape index (κ3) is 7.19. The lowest BCUT2D eigenvalue weighted by atomic mass is 10.0. The first kappa shape index (κ1) is 25.5. The summed E-state index contributed by atoms with van der Waals surface area (Å²) in [5.74, 6) is 0.258. The summed E-state index contributed by atoms with van der Waals surface area (Å²) < 4.78 is 6.88. The van der Waals surface area contributed by atoms with Crippen molar-refractivity contribution in [1.82, 2.24) is 10.2 Å². The first-order valence-electron chi connectivity index (χ1n) is 11.4. The van der Waals surface area contributed by atoms with Gasteiger partial charge in [0, 0.05) is 24.0 Å². The minimum absolute atomic E-state index is 0.147. The quantitative estimate of drug-likeness (QED) is 0.397. The van der Waals surface area contributed by atoms with Gasteiger partial charge in [-0.2, -0.15) is 0 Å². The lowest BCUT2D eigenvalue weighted by Crippen LogP contribution is -2.51. The van der Waals surface area contributed by atoms with Crippen LogP contribution in [0.1, 0.15) is 29.2 Å². The van der Waals surface area contributed by atoms with E-state index in [1.807, 2.05) is 93.6 Å². The number of amides is 2. The minimum Gasteiger partial charge on any atom is -0.483 e. The number of ether oxygens (including phenoxy) is 1. The van der Waals surface area contributed by atoms with Gasteiger partial charge in [0.2, 0.25) is 5.91 Å². The molecular formula is C28H31BrN2O3. The molecule has 1 N–H and O–H groups in total. The maximum absolute atomic E-state index is 13.5. The van der Waals surface area contributed by atoms with E-state index in [0.717, 1.165) is 26.7 Å². The number of aryl methyl sites for hydroxylation is 2. The monoisotopic (exact) mass is 522 g/mol. The van der Waals surface area contributed by atoms with Gasteiger partial charge in [-0.05, 0) is 61.2 Å². The van der Waals surface area contributed by atoms with Crippen molar-refractivity contribution in [2.75, 3.05) is 13.2 Å². The highest BCUT2D eigenvalue weighted by atomic mass is 79.9. The third-order valence-corrected chi connectivity index (χ3v) is 6.11.